The minimum atomic E-state index is 0.354. The largest absolute Gasteiger partial charge is 0.463 e. The molecule has 1 saturated heterocycles. The van der Waals surface area contributed by atoms with Crippen molar-refractivity contribution in [2.45, 2.75) is 38.3 Å². The van der Waals surface area contributed by atoms with Crippen molar-refractivity contribution in [3.05, 3.63) is 36.8 Å². The summed E-state index contributed by atoms with van der Waals surface area (Å²) < 4.78 is 5.43. The van der Waals surface area contributed by atoms with Crippen molar-refractivity contribution in [1.82, 2.24) is 0 Å². The Bertz CT molecular complexity index is 351. The zero-order chi connectivity index (χ0) is 12.8. The van der Waals surface area contributed by atoms with Crippen molar-refractivity contribution in [2.24, 2.45) is 0 Å². The number of likely N-dealkylation sites (tertiary alicyclic amines) is 1. The minimum Gasteiger partial charge on any atom is -0.463 e. The highest BCUT2D eigenvalue weighted by molar-refractivity contribution is 4.96. The summed E-state index contributed by atoms with van der Waals surface area (Å²) in [5, 5.41) is 2.47. The van der Waals surface area contributed by atoms with Gasteiger partial charge in [0.25, 0.3) is 0 Å². The van der Waals surface area contributed by atoms with E-state index in [1.165, 1.54) is 32.5 Å². The molecule has 3 N–H and O–H groups in total. The summed E-state index contributed by atoms with van der Waals surface area (Å²) in [6.45, 7) is 11.0. The molecule has 0 amide bonds. The molecule has 1 aromatic rings. The fourth-order valence-corrected chi connectivity index (χ4v) is 2.98. The first kappa shape index (κ1) is 13.4. The van der Waals surface area contributed by atoms with Crippen LogP contribution in [0.1, 0.15) is 31.9 Å². The molecule has 0 unspecified atom stereocenters. The molecule has 0 spiro atoms. The van der Waals surface area contributed by atoms with Crippen molar-refractivity contribution in [2.75, 3.05) is 19.6 Å². The fourth-order valence-electron chi connectivity index (χ4n) is 2.98. The zero-order valence-electron chi connectivity index (χ0n) is 11.5. The van der Waals surface area contributed by atoms with E-state index >= 15 is 0 Å². The number of nitrogens with one attached hydrogen (secondary N) is 1. The van der Waals surface area contributed by atoms with Gasteiger partial charge in [-0.1, -0.05) is 6.08 Å². The second kappa shape index (κ2) is 6.21. The van der Waals surface area contributed by atoms with E-state index in [9.17, 15) is 0 Å². The van der Waals surface area contributed by atoms with E-state index in [0.29, 0.717) is 5.54 Å². The van der Waals surface area contributed by atoms with E-state index < -0.39 is 0 Å². The van der Waals surface area contributed by atoms with Crippen LogP contribution < -0.4 is 10.2 Å². The van der Waals surface area contributed by atoms with E-state index in [0.717, 1.165) is 18.7 Å². The average Bonchev–Trinajstić information content (AvgIpc) is 2.91. The van der Waals surface area contributed by atoms with Crippen molar-refractivity contribution >= 4 is 0 Å². The van der Waals surface area contributed by atoms with Gasteiger partial charge in [-0.05, 0) is 19.1 Å². The molecule has 0 saturated carbocycles. The summed E-state index contributed by atoms with van der Waals surface area (Å²) in [4.78, 5) is 1.74. The monoisotopic (exact) mass is 250 g/mol. The molecule has 1 aromatic heterocycles. The molecule has 3 heteroatoms. The van der Waals surface area contributed by atoms with Gasteiger partial charge in [0.1, 0.15) is 12.1 Å². The lowest BCUT2D eigenvalue weighted by Gasteiger charge is -2.37. The van der Waals surface area contributed by atoms with Gasteiger partial charge in [-0.3, -0.25) is 0 Å². The Kier molecular flexibility index (Phi) is 4.61. The second-order valence-electron chi connectivity index (χ2n) is 5.45. The van der Waals surface area contributed by atoms with Crippen LogP contribution in [0.5, 0.6) is 0 Å². The van der Waals surface area contributed by atoms with Crippen LogP contribution in [0.4, 0.5) is 0 Å². The standard InChI is InChI=1S/C15H24N2O/c1-3-7-15(8-10-17(4-2)11-9-15)16-13-14-6-5-12-18-14/h3,5-6,12,16H,1,4,7-11,13H2,2H3/p+2. The molecule has 100 valence electrons. The lowest BCUT2D eigenvalue weighted by Crippen LogP contribution is -3.15. The SMILES string of the molecule is C=CCC1([NH2+]Cc2ccco2)CC[NH+](CC)CC1. The molecular weight excluding hydrogens is 224 g/mol. The Morgan fingerprint density at radius 3 is 2.83 bits per heavy atom. The topological polar surface area (TPSA) is 34.2 Å². The smallest absolute Gasteiger partial charge is 0.157 e. The highest BCUT2D eigenvalue weighted by Crippen LogP contribution is 2.17. The van der Waals surface area contributed by atoms with Crippen molar-refractivity contribution < 1.29 is 14.6 Å². The summed E-state index contributed by atoms with van der Waals surface area (Å²) >= 11 is 0. The van der Waals surface area contributed by atoms with E-state index in [2.05, 4.69) is 31.0 Å². The van der Waals surface area contributed by atoms with Gasteiger partial charge in [0, 0.05) is 6.42 Å². The van der Waals surface area contributed by atoms with Gasteiger partial charge in [0.05, 0.1) is 38.7 Å². The van der Waals surface area contributed by atoms with E-state index in [-0.39, 0.29) is 0 Å². The van der Waals surface area contributed by atoms with Gasteiger partial charge in [0.2, 0.25) is 0 Å². The summed E-state index contributed by atoms with van der Waals surface area (Å²) in [6.07, 6.45) is 7.50. The molecule has 1 aliphatic rings. The van der Waals surface area contributed by atoms with Crippen molar-refractivity contribution in [1.29, 1.82) is 0 Å². The van der Waals surface area contributed by atoms with Crippen LogP contribution >= 0.6 is 0 Å². The number of hydrogen-bond donors (Lipinski definition) is 2. The second-order valence-corrected chi connectivity index (χ2v) is 5.45. The Balaban J connectivity index is 1.92. The predicted octanol–water partition coefficient (Wildman–Crippen LogP) is 0.357. The van der Waals surface area contributed by atoms with E-state index in [1.807, 2.05) is 6.07 Å². The Labute approximate surface area is 110 Å². The molecule has 0 aliphatic carbocycles. The number of nitrogens with two attached hydrogens (primary N) is 1. The molecule has 2 rings (SSSR count). The third-order valence-corrected chi connectivity index (χ3v) is 4.32. The molecular formula is C15H26N2O+2. The Morgan fingerprint density at radius 2 is 2.28 bits per heavy atom. The predicted molar refractivity (Wildman–Crippen MR) is 72.4 cm³/mol. The Morgan fingerprint density at radius 1 is 1.50 bits per heavy atom. The molecule has 0 aromatic carbocycles. The third kappa shape index (κ3) is 3.24. The van der Waals surface area contributed by atoms with Gasteiger partial charge in [0.15, 0.2) is 5.76 Å². The summed E-state index contributed by atoms with van der Waals surface area (Å²) in [7, 11) is 0. The quantitative estimate of drug-likeness (QED) is 0.702. The lowest BCUT2D eigenvalue weighted by atomic mass is 9.84. The molecule has 3 nitrogen and oxygen atoms in total. The van der Waals surface area contributed by atoms with E-state index in [1.54, 1.807) is 11.2 Å². The van der Waals surface area contributed by atoms with Crippen LogP contribution in [0.25, 0.3) is 0 Å². The normalized spacial score (nSPS) is 28.2. The van der Waals surface area contributed by atoms with Crippen LogP contribution in [-0.4, -0.2) is 25.2 Å². The molecule has 1 aliphatic heterocycles. The van der Waals surface area contributed by atoms with Gasteiger partial charge < -0.3 is 14.6 Å². The van der Waals surface area contributed by atoms with E-state index in [4.69, 9.17) is 4.42 Å². The number of furan rings is 1. The molecule has 0 bridgehead atoms. The third-order valence-electron chi connectivity index (χ3n) is 4.32. The van der Waals surface area contributed by atoms with Gasteiger partial charge in [-0.25, -0.2) is 0 Å². The maximum absolute atomic E-state index is 5.43. The number of rotatable bonds is 6. The zero-order valence-corrected chi connectivity index (χ0v) is 11.5. The first-order chi connectivity index (χ1) is 8.78. The highest BCUT2D eigenvalue weighted by atomic mass is 16.3. The Hall–Kier alpha value is -1.06. The van der Waals surface area contributed by atoms with Crippen LogP contribution in [0.15, 0.2) is 35.5 Å². The molecule has 0 radical (unpaired) electrons. The average molecular weight is 250 g/mol. The molecule has 2 heterocycles. The first-order valence-corrected chi connectivity index (χ1v) is 7.09. The lowest BCUT2D eigenvalue weighted by molar-refractivity contribution is -0.916. The van der Waals surface area contributed by atoms with Gasteiger partial charge in [-0.15, -0.1) is 6.58 Å². The van der Waals surface area contributed by atoms with Crippen LogP contribution in [0, 0.1) is 0 Å². The number of quaternary nitrogens is 2. The van der Waals surface area contributed by atoms with Crippen LogP contribution in [0.2, 0.25) is 0 Å². The number of piperidine rings is 1. The first-order valence-electron chi connectivity index (χ1n) is 7.09. The molecule has 1 fully saturated rings. The van der Waals surface area contributed by atoms with Gasteiger partial charge >= 0.3 is 0 Å². The van der Waals surface area contributed by atoms with Crippen LogP contribution in [0.3, 0.4) is 0 Å². The molecule has 0 atom stereocenters. The van der Waals surface area contributed by atoms with Gasteiger partial charge in [-0.2, -0.15) is 0 Å². The number of hydrogen-bond acceptors (Lipinski definition) is 1. The molecule has 18 heavy (non-hydrogen) atoms. The minimum absolute atomic E-state index is 0.354. The summed E-state index contributed by atoms with van der Waals surface area (Å²) in [5.74, 6) is 1.07. The fraction of sp³-hybridized carbons (Fsp3) is 0.600. The maximum Gasteiger partial charge on any atom is 0.157 e. The highest BCUT2D eigenvalue weighted by Gasteiger charge is 2.38. The maximum atomic E-state index is 5.43. The van der Waals surface area contributed by atoms with Crippen molar-refractivity contribution in [3.63, 3.8) is 0 Å². The summed E-state index contributed by atoms with van der Waals surface area (Å²) in [6, 6.07) is 4.03. The van der Waals surface area contributed by atoms with Crippen molar-refractivity contribution in [3.8, 4) is 0 Å². The van der Waals surface area contributed by atoms with Crippen LogP contribution in [-0.2, 0) is 6.54 Å². The summed E-state index contributed by atoms with van der Waals surface area (Å²) in [5.41, 5.74) is 0.354.